The fourth-order valence-electron chi connectivity index (χ4n) is 2.79. The Labute approximate surface area is 150 Å². The fraction of sp³-hybridized carbons (Fsp3) is 0.222. The van der Waals surface area contributed by atoms with Crippen LogP contribution in [0.1, 0.15) is 17.3 Å². The fourth-order valence-corrected chi connectivity index (χ4v) is 2.79. The second-order valence-corrected chi connectivity index (χ2v) is 5.29. The quantitative estimate of drug-likeness (QED) is 0.617. The van der Waals surface area contributed by atoms with Crippen LogP contribution in [-0.4, -0.2) is 22.0 Å². The summed E-state index contributed by atoms with van der Waals surface area (Å²) in [5.74, 6) is 0.697. The standard InChI is InChI=1S/C18H19N3O2.BrH/c1-3-20-15-6-4-5-7-16(15)21(18(20)19)12-17(22)13-8-10-14(23-2)11-9-13;/h4-11,19H,3,12H2,1-2H3;1H/p-1. The van der Waals surface area contributed by atoms with Crippen molar-refractivity contribution in [2.45, 2.75) is 20.0 Å². The highest BCUT2D eigenvalue weighted by atomic mass is 79.9. The number of hydrogen-bond donors (Lipinski definition) is 1. The van der Waals surface area contributed by atoms with Crippen LogP contribution in [0.15, 0.2) is 48.5 Å². The van der Waals surface area contributed by atoms with Gasteiger partial charge in [-0.25, -0.2) is 0 Å². The molecule has 126 valence electrons. The van der Waals surface area contributed by atoms with Gasteiger partial charge in [0.15, 0.2) is 5.78 Å². The number of rotatable bonds is 5. The average Bonchev–Trinajstić information content (AvgIpc) is 2.86. The molecule has 5 nitrogen and oxygen atoms in total. The van der Waals surface area contributed by atoms with Gasteiger partial charge in [0.25, 0.3) is 0 Å². The highest BCUT2D eigenvalue weighted by Crippen LogP contribution is 2.15. The van der Waals surface area contributed by atoms with Crippen LogP contribution in [0.4, 0.5) is 0 Å². The summed E-state index contributed by atoms with van der Waals surface area (Å²) < 4.78 is 8.77. The van der Waals surface area contributed by atoms with Crippen LogP contribution in [-0.2, 0) is 13.1 Å². The molecule has 24 heavy (non-hydrogen) atoms. The smallest absolute Gasteiger partial charge is 0.203 e. The van der Waals surface area contributed by atoms with Gasteiger partial charge in [-0.2, -0.15) is 0 Å². The molecule has 0 saturated heterocycles. The van der Waals surface area contributed by atoms with Crippen molar-refractivity contribution in [3.63, 3.8) is 0 Å². The minimum Gasteiger partial charge on any atom is -1.00 e. The van der Waals surface area contributed by atoms with Crippen LogP contribution in [0.25, 0.3) is 11.0 Å². The molecule has 1 aromatic heterocycles. The molecule has 6 heteroatoms. The van der Waals surface area contributed by atoms with Crippen molar-refractivity contribution in [2.24, 2.45) is 0 Å². The SMILES string of the molecule is CCn1c(=N)n(CC(=O)c2ccc(OC)cc2)c2ccccc21.[Br-]. The summed E-state index contributed by atoms with van der Waals surface area (Å²) in [5, 5.41) is 8.35. The van der Waals surface area contributed by atoms with Gasteiger partial charge in [0.2, 0.25) is 5.62 Å². The molecule has 0 radical (unpaired) electrons. The first kappa shape index (κ1) is 18.0. The summed E-state index contributed by atoms with van der Waals surface area (Å²) >= 11 is 0. The number of ether oxygens (including phenoxy) is 1. The van der Waals surface area contributed by atoms with Crippen LogP contribution >= 0.6 is 0 Å². The molecular formula is C18H19BrN3O2-. The molecule has 1 heterocycles. The van der Waals surface area contributed by atoms with Crippen LogP contribution in [0, 0.1) is 5.41 Å². The highest BCUT2D eigenvalue weighted by Gasteiger charge is 2.13. The summed E-state index contributed by atoms with van der Waals surface area (Å²) in [6.45, 7) is 2.85. The Balaban J connectivity index is 0.00000208. The summed E-state index contributed by atoms with van der Waals surface area (Å²) in [6.07, 6.45) is 0. The number of aromatic nitrogens is 2. The maximum absolute atomic E-state index is 12.6. The lowest BCUT2D eigenvalue weighted by atomic mass is 10.1. The maximum Gasteiger partial charge on any atom is 0.203 e. The van der Waals surface area contributed by atoms with Gasteiger partial charge < -0.3 is 30.9 Å². The molecule has 0 aliphatic heterocycles. The molecule has 0 spiro atoms. The van der Waals surface area contributed by atoms with Gasteiger partial charge in [0.1, 0.15) is 5.75 Å². The van der Waals surface area contributed by atoms with E-state index < -0.39 is 0 Å². The normalized spacial score (nSPS) is 10.4. The highest BCUT2D eigenvalue weighted by molar-refractivity contribution is 5.96. The lowest BCUT2D eigenvalue weighted by Gasteiger charge is -2.05. The van der Waals surface area contributed by atoms with Gasteiger partial charge in [-0.3, -0.25) is 10.2 Å². The number of hydrogen-bond acceptors (Lipinski definition) is 3. The molecule has 0 saturated carbocycles. The Bertz CT molecular complexity index is 910. The lowest BCUT2D eigenvalue weighted by molar-refractivity contribution is -0.0000132. The molecule has 0 bridgehead atoms. The van der Waals surface area contributed by atoms with E-state index in [2.05, 4.69) is 0 Å². The van der Waals surface area contributed by atoms with E-state index in [0.717, 1.165) is 16.8 Å². The number of benzene rings is 2. The number of fused-ring (bicyclic) bond motifs is 1. The Hall–Kier alpha value is -2.34. The van der Waals surface area contributed by atoms with E-state index >= 15 is 0 Å². The van der Waals surface area contributed by atoms with Gasteiger partial charge in [0.05, 0.1) is 24.7 Å². The molecule has 0 aliphatic carbocycles. The molecule has 0 amide bonds. The van der Waals surface area contributed by atoms with E-state index in [1.54, 1.807) is 35.9 Å². The van der Waals surface area contributed by atoms with Crippen molar-refractivity contribution >= 4 is 16.8 Å². The van der Waals surface area contributed by atoms with Crippen molar-refractivity contribution in [2.75, 3.05) is 7.11 Å². The van der Waals surface area contributed by atoms with Crippen molar-refractivity contribution in [3.8, 4) is 5.75 Å². The van der Waals surface area contributed by atoms with E-state index in [1.807, 2.05) is 35.8 Å². The first-order valence-electron chi connectivity index (χ1n) is 7.55. The summed E-state index contributed by atoms with van der Waals surface area (Å²) in [5.41, 5.74) is 2.84. The van der Waals surface area contributed by atoms with Crippen molar-refractivity contribution < 1.29 is 26.5 Å². The van der Waals surface area contributed by atoms with Gasteiger partial charge in [0, 0.05) is 12.1 Å². The molecule has 0 fully saturated rings. The molecule has 0 aliphatic rings. The predicted octanol–water partition coefficient (Wildman–Crippen LogP) is -0.162. The number of halogens is 1. The van der Waals surface area contributed by atoms with E-state index in [4.69, 9.17) is 10.1 Å². The van der Waals surface area contributed by atoms with Crippen LogP contribution in [0.2, 0.25) is 0 Å². The molecule has 0 unspecified atom stereocenters. The number of imidazole rings is 1. The Morgan fingerprint density at radius 3 is 2.17 bits per heavy atom. The number of nitrogens with one attached hydrogen (secondary N) is 1. The predicted molar refractivity (Wildman–Crippen MR) is 88.8 cm³/mol. The zero-order chi connectivity index (χ0) is 16.4. The average molecular weight is 389 g/mol. The number of nitrogens with zero attached hydrogens (tertiary/aromatic N) is 2. The minimum absolute atomic E-state index is 0. The van der Waals surface area contributed by atoms with Gasteiger partial charge in [-0.05, 0) is 43.3 Å². The van der Waals surface area contributed by atoms with Crippen LogP contribution in [0.3, 0.4) is 0 Å². The molecule has 3 aromatic rings. The number of aryl methyl sites for hydroxylation is 1. The maximum atomic E-state index is 12.6. The lowest BCUT2D eigenvalue weighted by Crippen LogP contribution is -3.00. The molecular weight excluding hydrogens is 370 g/mol. The molecule has 3 rings (SSSR count). The number of Topliss-reactive ketones (excluding diaryl/α,β-unsaturated/α-hetero) is 1. The van der Waals surface area contributed by atoms with Crippen molar-refractivity contribution in [1.29, 1.82) is 5.41 Å². The Kier molecular flexibility index (Phi) is 5.62. The minimum atomic E-state index is -0.0230. The second kappa shape index (κ2) is 7.49. The number of ketones is 1. The van der Waals surface area contributed by atoms with Crippen LogP contribution < -0.4 is 27.3 Å². The van der Waals surface area contributed by atoms with E-state index in [1.165, 1.54) is 0 Å². The number of methoxy groups -OCH3 is 1. The first-order chi connectivity index (χ1) is 11.2. The van der Waals surface area contributed by atoms with Crippen molar-refractivity contribution in [3.05, 3.63) is 59.7 Å². The van der Waals surface area contributed by atoms with E-state index in [9.17, 15) is 4.79 Å². The summed E-state index contributed by atoms with van der Waals surface area (Å²) in [7, 11) is 1.60. The monoisotopic (exact) mass is 388 g/mol. The molecule has 2 aromatic carbocycles. The van der Waals surface area contributed by atoms with Crippen molar-refractivity contribution in [1.82, 2.24) is 9.13 Å². The number of carbonyl (C=O) groups excluding carboxylic acids is 1. The van der Waals surface area contributed by atoms with Gasteiger partial charge in [-0.15, -0.1) is 0 Å². The molecule has 1 N–H and O–H groups in total. The third-order valence-corrected chi connectivity index (χ3v) is 4.00. The third-order valence-electron chi connectivity index (χ3n) is 4.00. The zero-order valence-corrected chi connectivity index (χ0v) is 15.2. The molecule has 0 atom stereocenters. The van der Waals surface area contributed by atoms with E-state index in [-0.39, 0.29) is 29.3 Å². The zero-order valence-electron chi connectivity index (χ0n) is 13.6. The summed E-state index contributed by atoms with van der Waals surface area (Å²) in [6, 6.07) is 14.9. The largest absolute Gasteiger partial charge is 1.00 e. The second-order valence-electron chi connectivity index (χ2n) is 5.29. The Morgan fingerprint density at radius 1 is 1.04 bits per heavy atom. The first-order valence-corrected chi connectivity index (χ1v) is 7.55. The third kappa shape index (κ3) is 3.14. The van der Waals surface area contributed by atoms with Gasteiger partial charge in [-0.1, -0.05) is 12.1 Å². The van der Waals surface area contributed by atoms with Gasteiger partial charge >= 0.3 is 0 Å². The summed E-state index contributed by atoms with van der Waals surface area (Å²) in [4.78, 5) is 12.6. The topological polar surface area (TPSA) is 60.0 Å². The number of carbonyl (C=O) groups is 1. The van der Waals surface area contributed by atoms with Crippen LogP contribution in [0.5, 0.6) is 5.75 Å². The Morgan fingerprint density at radius 2 is 1.62 bits per heavy atom. The number of para-hydroxylation sites is 2. The van der Waals surface area contributed by atoms with E-state index in [0.29, 0.717) is 17.7 Å².